The summed E-state index contributed by atoms with van der Waals surface area (Å²) in [6.07, 6.45) is 4.88. The average molecular weight is 178 g/mol. The van der Waals surface area contributed by atoms with Crippen molar-refractivity contribution in [3.05, 3.63) is 12.2 Å². The first-order valence-electron chi connectivity index (χ1n) is 4.77. The Labute approximate surface area is 78.1 Å². The molecular weight excluding hydrogens is 164 g/mol. The molecule has 0 N–H and O–H groups in total. The summed E-state index contributed by atoms with van der Waals surface area (Å²) in [5, 5.41) is 0. The summed E-state index contributed by atoms with van der Waals surface area (Å²) >= 11 is 0. The summed E-state index contributed by atoms with van der Waals surface area (Å²) in [7, 11) is 0. The smallest absolute Gasteiger partial charge is 0.272 e. The van der Waals surface area contributed by atoms with Gasteiger partial charge in [-0.15, -0.1) is 0 Å². The van der Waals surface area contributed by atoms with E-state index in [9.17, 15) is 4.79 Å². The molecule has 2 rings (SSSR count). The molecule has 0 bridgehead atoms. The molecule has 0 saturated carbocycles. The molecule has 0 aliphatic carbocycles. The molecular formula is C10H14N2O. The van der Waals surface area contributed by atoms with Gasteiger partial charge in [0.15, 0.2) is 0 Å². The number of hydrogen-bond acceptors (Lipinski definition) is 2. The van der Waals surface area contributed by atoms with Crippen LogP contribution in [-0.2, 0) is 4.79 Å². The number of rotatable bonds is 1. The van der Waals surface area contributed by atoms with Gasteiger partial charge in [0.25, 0.3) is 5.91 Å². The van der Waals surface area contributed by atoms with Crippen LogP contribution in [0.3, 0.4) is 0 Å². The second-order valence-electron chi connectivity index (χ2n) is 3.77. The molecule has 2 heterocycles. The highest BCUT2D eigenvalue weighted by Crippen LogP contribution is 2.15. The van der Waals surface area contributed by atoms with Gasteiger partial charge in [0, 0.05) is 13.1 Å². The summed E-state index contributed by atoms with van der Waals surface area (Å²) in [6, 6.07) is 0. The van der Waals surface area contributed by atoms with Gasteiger partial charge in [-0.05, 0) is 18.4 Å². The van der Waals surface area contributed by atoms with Crippen LogP contribution >= 0.6 is 0 Å². The van der Waals surface area contributed by atoms with Gasteiger partial charge in [0.1, 0.15) is 5.71 Å². The number of nitrogens with zero attached hydrogens (tertiary/aromatic N) is 2. The van der Waals surface area contributed by atoms with Crippen LogP contribution in [0.1, 0.15) is 13.3 Å². The van der Waals surface area contributed by atoms with Crippen molar-refractivity contribution in [3.8, 4) is 0 Å². The maximum atomic E-state index is 11.7. The molecule has 0 aromatic carbocycles. The Bertz CT molecular complexity index is 281. The van der Waals surface area contributed by atoms with E-state index < -0.39 is 0 Å². The second-order valence-corrected chi connectivity index (χ2v) is 3.77. The van der Waals surface area contributed by atoms with E-state index in [0.717, 1.165) is 19.5 Å². The zero-order valence-corrected chi connectivity index (χ0v) is 7.86. The minimum absolute atomic E-state index is 0.109. The molecule has 1 amide bonds. The number of carbonyl (C=O) groups is 1. The van der Waals surface area contributed by atoms with Crippen LogP contribution in [-0.4, -0.2) is 36.2 Å². The average Bonchev–Trinajstić information content (AvgIpc) is 2.72. The predicted molar refractivity (Wildman–Crippen MR) is 51.8 cm³/mol. The van der Waals surface area contributed by atoms with E-state index in [0.29, 0.717) is 18.2 Å². The van der Waals surface area contributed by atoms with Crippen molar-refractivity contribution in [1.82, 2.24) is 4.90 Å². The highest BCUT2D eigenvalue weighted by atomic mass is 16.2. The fraction of sp³-hybridized carbons (Fsp3) is 0.600. The molecule has 13 heavy (non-hydrogen) atoms. The number of amides is 1. The Morgan fingerprint density at radius 2 is 2.54 bits per heavy atom. The zero-order valence-electron chi connectivity index (χ0n) is 7.86. The predicted octanol–water partition coefficient (Wildman–Crippen LogP) is 0.866. The molecule has 70 valence electrons. The highest BCUT2D eigenvalue weighted by Gasteiger charge is 2.25. The van der Waals surface area contributed by atoms with Crippen LogP contribution in [0, 0.1) is 5.92 Å². The first kappa shape index (κ1) is 8.48. The van der Waals surface area contributed by atoms with Crippen LogP contribution in [0.25, 0.3) is 0 Å². The molecule has 3 heteroatoms. The van der Waals surface area contributed by atoms with Gasteiger partial charge >= 0.3 is 0 Å². The largest absolute Gasteiger partial charge is 0.337 e. The summed E-state index contributed by atoms with van der Waals surface area (Å²) in [5.74, 6) is 0.757. The summed E-state index contributed by atoms with van der Waals surface area (Å²) in [5.41, 5.74) is 0.633. The quantitative estimate of drug-likeness (QED) is 0.586. The van der Waals surface area contributed by atoms with Gasteiger partial charge in [-0.2, -0.15) is 0 Å². The molecule has 2 aliphatic rings. The first-order valence-corrected chi connectivity index (χ1v) is 4.77. The standard InChI is InChI=1S/C10H14N2O/c1-8-4-6-12(7-8)10(13)9-3-2-5-11-9/h2-3,8H,4-7H2,1H3/t8-/m1/s1. The van der Waals surface area contributed by atoms with E-state index in [4.69, 9.17) is 0 Å². The third-order valence-electron chi connectivity index (χ3n) is 2.57. The molecule has 0 aromatic heterocycles. The molecule has 1 saturated heterocycles. The van der Waals surface area contributed by atoms with Crippen LogP contribution in [0.15, 0.2) is 17.1 Å². The Morgan fingerprint density at radius 1 is 1.69 bits per heavy atom. The van der Waals surface area contributed by atoms with Gasteiger partial charge in [0.2, 0.25) is 0 Å². The summed E-state index contributed by atoms with van der Waals surface area (Å²) < 4.78 is 0. The lowest BCUT2D eigenvalue weighted by Crippen LogP contribution is -2.33. The number of hydrogen-bond donors (Lipinski definition) is 0. The van der Waals surface area contributed by atoms with Crippen molar-refractivity contribution >= 4 is 11.6 Å². The van der Waals surface area contributed by atoms with E-state index >= 15 is 0 Å². The van der Waals surface area contributed by atoms with E-state index in [1.165, 1.54) is 0 Å². The third-order valence-corrected chi connectivity index (χ3v) is 2.57. The van der Waals surface area contributed by atoms with Gasteiger partial charge in [-0.1, -0.05) is 13.0 Å². The minimum Gasteiger partial charge on any atom is -0.337 e. The van der Waals surface area contributed by atoms with Gasteiger partial charge in [-0.25, -0.2) is 0 Å². The Morgan fingerprint density at radius 3 is 3.08 bits per heavy atom. The van der Waals surface area contributed by atoms with E-state index in [-0.39, 0.29) is 5.91 Å². The van der Waals surface area contributed by atoms with E-state index in [2.05, 4.69) is 11.9 Å². The van der Waals surface area contributed by atoms with Crippen LogP contribution < -0.4 is 0 Å². The number of aliphatic imine (C=N–C) groups is 1. The van der Waals surface area contributed by atoms with Crippen molar-refractivity contribution in [2.75, 3.05) is 19.6 Å². The monoisotopic (exact) mass is 178 g/mol. The van der Waals surface area contributed by atoms with Gasteiger partial charge in [0.05, 0.1) is 6.54 Å². The third kappa shape index (κ3) is 1.64. The second kappa shape index (κ2) is 3.32. The van der Waals surface area contributed by atoms with Crippen molar-refractivity contribution in [1.29, 1.82) is 0 Å². The topological polar surface area (TPSA) is 32.7 Å². The van der Waals surface area contributed by atoms with Crippen LogP contribution in [0.2, 0.25) is 0 Å². The van der Waals surface area contributed by atoms with E-state index in [1.54, 1.807) is 0 Å². The minimum atomic E-state index is 0.109. The molecule has 0 aromatic rings. The SMILES string of the molecule is C[C@@H]1CCN(C(=O)C2=NCC=C2)C1. The maximum absolute atomic E-state index is 11.7. The summed E-state index contributed by atoms with van der Waals surface area (Å²) in [6.45, 7) is 4.64. The maximum Gasteiger partial charge on any atom is 0.272 e. The molecule has 0 radical (unpaired) electrons. The Balaban J connectivity index is 2.01. The Hall–Kier alpha value is -1.12. The lowest BCUT2D eigenvalue weighted by molar-refractivity contribution is -0.123. The molecule has 0 spiro atoms. The van der Waals surface area contributed by atoms with Crippen molar-refractivity contribution in [2.45, 2.75) is 13.3 Å². The molecule has 1 atom stereocenters. The normalized spacial score (nSPS) is 26.7. The van der Waals surface area contributed by atoms with Crippen LogP contribution in [0.4, 0.5) is 0 Å². The first-order chi connectivity index (χ1) is 6.27. The summed E-state index contributed by atoms with van der Waals surface area (Å²) in [4.78, 5) is 17.8. The fourth-order valence-corrected chi connectivity index (χ4v) is 1.79. The number of likely N-dealkylation sites (tertiary alicyclic amines) is 1. The molecule has 3 nitrogen and oxygen atoms in total. The Kier molecular flexibility index (Phi) is 2.17. The van der Waals surface area contributed by atoms with Crippen molar-refractivity contribution in [2.24, 2.45) is 10.9 Å². The van der Waals surface area contributed by atoms with E-state index in [1.807, 2.05) is 17.1 Å². The lowest BCUT2D eigenvalue weighted by atomic mass is 10.2. The number of carbonyl (C=O) groups excluding carboxylic acids is 1. The molecule has 2 aliphatic heterocycles. The van der Waals surface area contributed by atoms with Gasteiger partial charge < -0.3 is 4.90 Å². The van der Waals surface area contributed by atoms with Gasteiger partial charge in [-0.3, -0.25) is 9.79 Å². The van der Waals surface area contributed by atoms with Crippen LogP contribution in [0.5, 0.6) is 0 Å². The van der Waals surface area contributed by atoms with Crippen molar-refractivity contribution in [3.63, 3.8) is 0 Å². The zero-order chi connectivity index (χ0) is 9.26. The van der Waals surface area contributed by atoms with Crippen molar-refractivity contribution < 1.29 is 4.79 Å². The highest BCUT2D eigenvalue weighted by molar-refractivity contribution is 6.43. The molecule has 1 fully saturated rings. The lowest BCUT2D eigenvalue weighted by Gasteiger charge is -2.14. The molecule has 0 unspecified atom stereocenters. The fourth-order valence-electron chi connectivity index (χ4n) is 1.79.